The van der Waals surface area contributed by atoms with E-state index in [1.54, 1.807) is 38.6 Å². The standard InChI is InChI=1S/C11H11N2O3/c1-14-9-5-3-6-10(11(9)15-2)16-13-8-4-7-12-13/h3-6,8H,1-2H3. The molecule has 16 heavy (non-hydrogen) atoms. The van der Waals surface area contributed by atoms with Gasteiger partial charge in [-0.3, -0.25) is 0 Å². The number of methoxy groups -OCH3 is 2. The molecule has 0 aliphatic carbocycles. The van der Waals surface area contributed by atoms with Crippen LogP contribution in [0.15, 0.2) is 30.5 Å². The molecular weight excluding hydrogens is 208 g/mol. The van der Waals surface area contributed by atoms with Gasteiger partial charge in [0.25, 0.3) is 0 Å². The Morgan fingerprint density at radius 3 is 2.62 bits per heavy atom. The van der Waals surface area contributed by atoms with Gasteiger partial charge in [-0.15, -0.1) is 5.10 Å². The molecule has 5 heteroatoms. The number of hydrogen-bond acceptors (Lipinski definition) is 4. The second kappa shape index (κ2) is 4.57. The normalized spacial score (nSPS) is 9.88. The summed E-state index contributed by atoms with van der Waals surface area (Å²) in [5.74, 6) is 1.66. The molecule has 0 fully saturated rings. The lowest BCUT2D eigenvalue weighted by Gasteiger charge is -2.12. The summed E-state index contributed by atoms with van der Waals surface area (Å²) in [7, 11) is 3.13. The van der Waals surface area contributed by atoms with Gasteiger partial charge < -0.3 is 14.3 Å². The zero-order valence-electron chi connectivity index (χ0n) is 9.01. The Hall–Kier alpha value is -2.17. The van der Waals surface area contributed by atoms with Gasteiger partial charge in [0.1, 0.15) is 6.20 Å². The third-order valence-electron chi connectivity index (χ3n) is 1.99. The second-order valence-corrected chi connectivity index (χ2v) is 2.93. The van der Waals surface area contributed by atoms with Crippen molar-refractivity contribution in [1.29, 1.82) is 0 Å². The second-order valence-electron chi connectivity index (χ2n) is 2.93. The first-order valence-corrected chi connectivity index (χ1v) is 4.66. The molecule has 1 aromatic carbocycles. The van der Waals surface area contributed by atoms with E-state index in [0.29, 0.717) is 17.2 Å². The Labute approximate surface area is 93.1 Å². The van der Waals surface area contributed by atoms with Gasteiger partial charge in [-0.2, -0.15) is 0 Å². The third-order valence-corrected chi connectivity index (χ3v) is 1.99. The van der Waals surface area contributed by atoms with Crippen LogP contribution in [0.4, 0.5) is 0 Å². The molecule has 2 rings (SSSR count). The minimum Gasteiger partial charge on any atom is -0.493 e. The van der Waals surface area contributed by atoms with Gasteiger partial charge in [0.2, 0.25) is 11.5 Å². The topological polar surface area (TPSA) is 45.5 Å². The smallest absolute Gasteiger partial charge is 0.206 e. The van der Waals surface area contributed by atoms with Crippen LogP contribution < -0.4 is 14.3 Å². The van der Waals surface area contributed by atoms with E-state index in [1.807, 2.05) is 6.07 Å². The summed E-state index contributed by atoms with van der Waals surface area (Å²) in [5, 5.41) is 3.82. The van der Waals surface area contributed by atoms with E-state index >= 15 is 0 Å². The summed E-state index contributed by atoms with van der Waals surface area (Å²) in [4.78, 5) is 6.74. The molecule has 0 saturated carbocycles. The van der Waals surface area contributed by atoms with Crippen molar-refractivity contribution in [3.8, 4) is 17.2 Å². The summed E-state index contributed by atoms with van der Waals surface area (Å²) in [6.45, 7) is 0. The number of rotatable bonds is 4. The van der Waals surface area contributed by atoms with Gasteiger partial charge >= 0.3 is 0 Å². The van der Waals surface area contributed by atoms with Gasteiger partial charge in [0, 0.05) is 0 Å². The monoisotopic (exact) mass is 219 g/mol. The van der Waals surface area contributed by atoms with Crippen LogP contribution in [-0.4, -0.2) is 24.2 Å². The maximum absolute atomic E-state index is 5.45. The van der Waals surface area contributed by atoms with E-state index in [-0.39, 0.29) is 0 Å². The highest BCUT2D eigenvalue weighted by Gasteiger charge is 2.11. The summed E-state index contributed by atoms with van der Waals surface area (Å²) >= 11 is 0. The highest BCUT2D eigenvalue weighted by atomic mass is 16.7. The molecule has 1 radical (unpaired) electrons. The van der Waals surface area contributed by atoms with Crippen LogP contribution in [0.25, 0.3) is 0 Å². The highest BCUT2D eigenvalue weighted by molar-refractivity contribution is 5.50. The summed E-state index contributed by atoms with van der Waals surface area (Å²) in [6, 6.07) is 7.01. The highest BCUT2D eigenvalue weighted by Crippen LogP contribution is 2.36. The lowest BCUT2D eigenvalue weighted by molar-refractivity contribution is 0.169. The quantitative estimate of drug-likeness (QED) is 0.782. The Balaban J connectivity index is 2.33. The molecule has 0 unspecified atom stereocenters. The maximum Gasteiger partial charge on any atom is 0.206 e. The van der Waals surface area contributed by atoms with Crippen LogP contribution in [-0.2, 0) is 0 Å². The number of aromatic nitrogens is 2. The van der Waals surface area contributed by atoms with Crippen LogP contribution in [0.3, 0.4) is 0 Å². The Bertz CT molecular complexity index is 454. The van der Waals surface area contributed by atoms with Crippen molar-refractivity contribution in [2.24, 2.45) is 0 Å². The van der Waals surface area contributed by atoms with Crippen LogP contribution >= 0.6 is 0 Å². The SMILES string of the molecule is COc1cccc(On2cc[c]n2)c1OC. The van der Waals surface area contributed by atoms with Crippen LogP contribution in [0, 0.1) is 6.20 Å². The molecular formula is C11H11N2O3. The van der Waals surface area contributed by atoms with Gasteiger partial charge in [-0.1, -0.05) is 10.9 Å². The van der Waals surface area contributed by atoms with Gasteiger partial charge in [0.05, 0.1) is 20.4 Å². The fourth-order valence-electron chi connectivity index (χ4n) is 1.30. The minimum atomic E-state index is 0.527. The van der Waals surface area contributed by atoms with E-state index in [2.05, 4.69) is 11.3 Å². The first-order chi connectivity index (χ1) is 7.85. The average molecular weight is 219 g/mol. The van der Waals surface area contributed by atoms with Crippen LogP contribution in [0.1, 0.15) is 0 Å². The summed E-state index contributed by atoms with van der Waals surface area (Å²) in [6.07, 6.45) is 4.27. The van der Waals surface area contributed by atoms with Crippen molar-refractivity contribution in [3.05, 3.63) is 36.7 Å². The molecule has 0 aliphatic rings. The van der Waals surface area contributed by atoms with Gasteiger partial charge in [0.15, 0.2) is 5.75 Å². The lowest BCUT2D eigenvalue weighted by atomic mass is 10.3. The van der Waals surface area contributed by atoms with Crippen LogP contribution in [0.5, 0.6) is 17.2 Å². The van der Waals surface area contributed by atoms with Crippen molar-refractivity contribution in [2.75, 3.05) is 14.2 Å². The molecule has 0 aliphatic heterocycles. The van der Waals surface area contributed by atoms with E-state index < -0.39 is 0 Å². The van der Waals surface area contributed by atoms with Crippen molar-refractivity contribution >= 4 is 0 Å². The number of benzene rings is 1. The maximum atomic E-state index is 5.45. The predicted molar refractivity (Wildman–Crippen MR) is 56.6 cm³/mol. The molecule has 0 bridgehead atoms. The van der Waals surface area contributed by atoms with Crippen molar-refractivity contribution in [2.45, 2.75) is 0 Å². The third kappa shape index (κ3) is 1.93. The van der Waals surface area contributed by atoms with Crippen molar-refractivity contribution in [3.63, 3.8) is 0 Å². The molecule has 0 atom stereocenters. The first-order valence-electron chi connectivity index (χ1n) is 4.66. The minimum absolute atomic E-state index is 0.527. The number of hydrogen-bond donors (Lipinski definition) is 0. The fraction of sp³-hybridized carbons (Fsp3) is 0.182. The number of ether oxygens (including phenoxy) is 2. The largest absolute Gasteiger partial charge is 0.493 e. The Morgan fingerprint density at radius 2 is 2.00 bits per heavy atom. The van der Waals surface area contributed by atoms with Gasteiger partial charge in [-0.25, -0.2) is 0 Å². The van der Waals surface area contributed by atoms with E-state index in [4.69, 9.17) is 14.3 Å². The molecule has 0 spiro atoms. The summed E-state index contributed by atoms with van der Waals surface area (Å²) in [5.41, 5.74) is 0. The molecule has 83 valence electrons. The molecule has 1 heterocycles. The first kappa shape index (κ1) is 10.4. The zero-order valence-corrected chi connectivity index (χ0v) is 9.01. The molecule has 2 aromatic rings. The number of para-hydroxylation sites is 1. The van der Waals surface area contributed by atoms with E-state index in [0.717, 1.165) is 0 Å². The molecule has 5 nitrogen and oxygen atoms in total. The lowest BCUT2D eigenvalue weighted by Crippen LogP contribution is -2.06. The Morgan fingerprint density at radius 1 is 1.19 bits per heavy atom. The fourth-order valence-corrected chi connectivity index (χ4v) is 1.30. The van der Waals surface area contributed by atoms with Crippen LogP contribution in [0.2, 0.25) is 0 Å². The molecule has 1 aromatic heterocycles. The van der Waals surface area contributed by atoms with Crippen molar-refractivity contribution in [1.82, 2.24) is 9.94 Å². The number of nitrogens with zero attached hydrogens (tertiary/aromatic N) is 2. The van der Waals surface area contributed by atoms with Gasteiger partial charge in [-0.05, 0) is 18.2 Å². The summed E-state index contributed by atoms with van der Waals surface area (Å²) < 4.78 is 10.4. The van der Waals surface area contributed by atoms with Crippen molar-refractivity contribution < 1.29 is 14.3 Å². The molecule has 0 saturated heterocycles. The Kier molecular flexibility index (Phi) is 2.95. The zero-order chi connectivity index (χ0) is 11.4. The van der Waals surface area contributed by atoms with E-state index in [9.17, 15) is 0 Å². The molecule has 0 N–H and O–H groups in total. The van der Waals surface area contributed by atoms with E-state index in [1.165, 1.54) is 4.85 Å². The predicted octanol–water partition coefficient (Wildman–Crippen LogP) is 1.54. The average Bonchev–Trinajstić information content (AvgIpc) is 2.81. The molecule has 0 amide bonds.